The predicted octanol–water partition coefficient (Wildman–Crippen LogP) is 6.20. The molecular formula is C30H48O4. The Morgan fingerprint density at radius 2 is 1.59 bits per heavy atom. The summed E-state index contributed by atoms with van der Waals surface area (Å²) in [6.45, 7) is 16.0. The summed E-state index contributed by atoms with van der Waals surface area (Å²) >= 11 is 0. The molecule has 0 amide bonds. The van der Waals surface area contributed by atoms with Gasteiger partial charge in [-0.15, -0.1) is 0 Å². The van der Waals surface area contributed by atoms with Gasteiger partial charge >= 0.3 is 5.97 Å². The van der Waals surface area contributed by atoms with E-state index in [1.165, 1.54) is 5.57 Å². The molecule has 0 heterocycles. The Labute approximate surface area is 206 Å². The van der Waals surface area contributed by atoms with Crippen LogP contribution in [0.15, 0.2) is 11.6 Å². The number of hydrogen-bond acceptors (Lipinski definition) is 3. The van der Waals surface area contributed by atoms with Crippen LogP contribution in [0, 0.1) is 50.7 Å². The molecule has 4 heteroatoms. The van der Waals surface area contributed by atoms with Crippen molar-refractivity contribution >= 4 is 5.97 Å². The lowest BCUT2D eigenvalue weighted by atomic mass is 9.33. The number of rotatable bonds is 1. The molecular weight excluding hydrogens is 424 g/mol. The van der Waals surface area contributed by atoms with Gasteiger partial charge in [-0.1, -0.05) is 53.2 Å². The molecule has 0 spiro atoms. The van der Waals surface area contributed by atoms with E-state index < -0.39 is 17.0 Å². The molecule has 0 bridgehead atoms. The van der Waals surface area contributed by atoms with Crippen molar-refractivity contribution in [3.05, 3.63) is 11.6 Å². The van der Waals surface area contributed by atoms with Crippen LogP contribution >= 0.6 is 0 Å². The van der Waals surface area contributed by atoms with Crippen LogP contribution in [0.1, 0.15) is 106 Å². The molecule has 0 aromatic rings. The molecule has 4 saturated carbocycles. The Morgan fingerprint density at radius 3 is 2.24 bits per heavy atom. The number of allylic oxidation sites excluding steroid dienone is 1. The molecule has 4 nitrogen and oxygen atoms in total. The summed E-state index contributed by atoms with van der Waals surface area (Å²) in [5.41, 5.74) is -0.532. The van der Waals surface area contributed by atoms with Crippen LogP contribution < -0.4 is 0 Å². The molecule has 192 valence electrons. The van der Waals surface area contributed by atoms with Crippen LogP contribution in [0.4, 0.5) is 0 Å². The molecule has 0 aromatic carbocycles. The van der Waals surface area contributed by atoms with Crippen molar-refractivity contribution in [3.63, 3.8) is 0 Å². The molecule has 4 fully saturated rings. The third kappa shape index (κ3) is 2.71. The minimum atomic E-state index is -1.01. The fourth-order valence-corrected chi connectivity index (χ4v) is 10.8. The maximum Gasteiger partial charge on any atom is 0.310 e. The lowest BCUT2D eigenvalue weighted by molar-refractivity contribution is -0.217. The number of carbonyl (C=O) groups is 1. The smallest absolute Gasteiger partial charge is 0.310 e. The van der Waals surface area contributed by atoms with Gasteiger partial charge in [0.15, 0.2) is 0 Å². The predicted molar refractivity (Wildman–Crippen MR) is 134 cm³/mol. The molecule has 10 atom stereocenters. The summed E-state index contributed by atoms with van der Waals surface area (Å²) in [5.74, 6) is 0.0848. The third-order valence-corrected chi connectivity index (χ3v) is 13.5. The molecule has 5 aliphatic carbocycles. The Bertz CT molecular complexity index is 919. The zero-order valence-electron chi connectivity index (χ0n) is 22.6. The number of aliphatic hydroxyl groups is 2. The van der Waals surface area contributed by atoms with Gasteiger partial charge in [0.1, 0.15) is 0 Å². The van der Waals surface area contributed by atoms with Gasteiger partial charge in [-0.25, -0.2) is 0 Å². The average Bonchev–Trinajstić information content (AvgIpc) is 2.74. The zero-order chi connectivity index (χ0) is 25.1. The summed E-state index contributed by atoms with van der Waals surface area (Å²) in [4.78, 5) is 12.8. The first kappa shape index (κ1) is 24.8. The second-order valence-electron chi connectivity index (χ2n) is 14.7. The number of fused-ring (bicyclic) bond motifs is 7. The van der Waals surface area contributed by atoms with E-state index >= 15 is 0 Å². The van der Waals surface area contributed by atoms with Crippen molar-refractivity contribution < 1.29 is 20.1 Å². The summed E-state index contributed by atoms with van der Waals surface area (Å²) in [6.07, 6.45) is 10.3. The third-order valence-electron chi connectivity index (χ3n) is 13.5. The summed E-state index contributed by atoms with van der Waals surface area (Å²) in [6, 6.07) is 0. The second-order valence-corrected chi connectivity index (χ2v) is 14.7. The number of carboxylic acid groups (broad SMARTS) is 1. The van der Waals surface area contributed by atoms with Gasteiger partial charge in [0.25, 0.3) is 0 Å². The number of hydrogen-bond donors (Lipinski definition) is 3. The maximum atomic E-state index is 12.8. The molecule has 0 aromatic heterocycles. The van der Waals surface area contributed by atoms with E-state index in [2.05, 4.69) is 47.6 Å². The van der Waals surface area contributed by atoms with Gasteiger partial charge in [-0.05, 0) is 104 Å². The highest BCUT2D eigenvalue weighted by atomic mass is 16.4. The first-order chi connectivity index (χ1) is 15.6. The van der Waals surface area contributed by atoms with Gasteiger partial charge in [0.05, 0.1) is 17.1 Å². The van der Waals surface area contributed by atoms with Crippen LogP contribution in [0.25, 0.3) is 0 Å². The van der Waals surface area contributed by atoms with Gasteiger partial charge in [0, 0.05) is 5.92 Å². The first-order valence-corrected chi connectivity index (χ1v) is 13.9. The lowest BCUT2D eigenvalue weighted by Crippen LogP contribution is -2.67. The van der Waals surface area contributed by atoms with E-state index in [0.717, 1.165) is 44.9 Å². The van der Waals surface area contributed by atoms with Gasteiger partial charge < -0.3 is 15.3 Å². The van der Waals surface area contributed by atoms with Gasteiger partial charge in [0.2, 0.25) is 0 Å². The van der Waals surface area contributed by atoms with E-state index in [4.69, 9.17) is 0 Å². The fraction of sp³-hybridized carbons (Fsp3) is 0.900. The molecule has 3 N–H and O–H groups in total. The van der Waals surface area contributed by atoms with Gasteiger partial charge in [-0.2, -0.15) is 0 Å². The summed E-state index contributed by atoms with van der Waals surface area (Å²) in [5, 5.41) is 33.3. The Kier molecular flexibility index (Phi) is 5.20. The molecule has 5 aliphatic rings. The van der Waals surface area contributed by atoms with Crippen molar-refractivity contribution in [1.29, 1.82) is 0 Å². The standard InChI is InChI=1S/C30H48O4/c1-18-10-15-30(24(32)33)17-16-27(5)19(23(30)29(18,7)34)8-9-21-26(4)13-12-22(31)25(2,3)20(26)11-14-28(21,27)6/h8,18,20-23,31,34H,9-17H2,1-7H3,(H,32,33)/t18-,20+,21+,22-,23+,26-,27+,28+,29+,30-/m0/s1. The minimum Gasteiger partial charge on any atom is -0.481 e. The van der Waals surface area contributed by atoms with E-state index in [1.54, 1.807) is 0 Å². The lowest BCUT2D eigenvalue weighted by Gasteiger charge is -2.71. The monoisotopic (exact) mass is 472 g/mol. The Morgan fingerprint density at radius 1 is 0.912 bits per heavy atom. The van der Waals surface area contributed by atoms with Crippen molar-refractivity contribution in [1.82, 2.24) is 0 Å². The van der Waals surface area contributed by atoms with E-state index in [0.29, 0.717) is 24.7 Å². The van der Waals surface area contributed by atoms with Crippen molar-refractivity contribution in [2.24, 2.45) is 50.7 Å². The van der Waals surface area contributed by atoms with Crippen LogP contribution in [0.3, 0.4) is 0 Å². The quantitative estimate of drug-likeness (QED) is 0.397. The highest BCUT2D eigenvalue weighted by molar-refractivity contribution is 5.77. The fourth-order valence-electron chi connectivity index (χ4n) is 10.8. The number of carboxylic acids is 1. The van der Waals surface area contributed by atoms with Crippen LogP contribution in [-0.2, 0) is 4.79 Å². The van der Waals surface area contributed by atoms with Crippen molar-refractivity contribution in [2.75, 3.05) is 0 Å². The van der Waals surface area contributed by atoms with Crippen LogP contribution in [0.5, 0.6) is 0 Å². The van der Waals surface area contributed by atoms with Gasteiger partial charge in [-0.3, -0.25) is 4.79 Å². The Hall–Kier alpha value is -0.870. The number of aliphatic hydroxyl groups excluding tert-OH is 1. The average molecular weight is 473 g/mol. The largest absolute Gasteiger partial charge is 0.481 e. The normalized spacial score (nSPS) is 56.3. The summed E-state index contributed by atoms with van der Waals surface area (Å²) in [7, 11) is 0. The van der Waals surface area contributed by atoms with Crippen LogP contribution in [0.2, 0.25) is 0 Å². The second kappa shape index (κ2) is 7.12. The van der Waals surface area contributed by atoms with Crippen LogP contribution in [-0.4, -0.2) is 33.0 Å². The molecule has 0 radical (unpaired) electrons. The first-order valence-electron chi connectivity index (χ1n) is 13.9. The molecule has 5 rings (SSSR count). The number of aliphatic carboxylic acids is 1. The maximum absolute atomic E-state index is 12.8. The zero-order valence-corrected chi connectivity index (χ0v) is 22.6. The molecule has 0 saturated heterocycles. The Balaban J connectivity index is 1.64. The van der Waals surface area contributed by atoms with Crippen molar-refractivity contribution in [3.8, 4) is 0 Å². The van der Waals surface area contributed by atoms with E-state index in [9.17, 15) is 20.1 Å². The topological polar surface area (TPSA) is 77.8 Å². The molecule has 0 aliphatic heterocycles. The SMILES string of the molecule is C[C@H]1CC[C@]2(C(=O)O)CC[C@]3(C)C(=CC[C@@H]4[C@@]5(C)CC[C@H](O)C(C)(C)[C@H]5CC[C@]43C)[C@@H]2[C@]1(C)O. The highest BCUT2D eigenvalue weighted by Crippen LogP contribution is 2.76. The van der Waals surface area contributed by atoms with E-state index in [1.807, 2.05) is 6.92 Å². The minimum absolute atomic E-state index is 0.0716. The van der Waals surface area contributed by atoms with Crippen molar-refractivity contribution in [2.45, 2.75) is 118 Å². The van der Waals surface area contributed by atoms with E-state index in [-0.39, 0.29) is 39.6 Å². The molecule has 0 unspecified atom stereocenters. The summed E-state index contributed by atoms with van der Waals surface area (Å²) < 4.78 is 0. The highest BCUT2D eigenvalue weighted by Gasteiger charge is 2.71. The molecule has 34 heavy (non-hydrogen) atoms.